The third-order valence-corrected chi connectivity index (χ3v) is 3.29. The minimum atomic E-state index is 0.494. The van der Waals surface area contributed by atoms with E-state index in [2.05, 4.69) is 34.0 Å². The van der Waals surface area contributed by atoms with Crippen molar-refractivity contribution in [1.82, 2.24) is 15.0 Å². The van der Waals surface area contributed by atoms with Crippen molar-refractivity contribution < 1.29 is 0 Å². The molecule has 4 nitrogen and oxygen atoms in total. The molecule has 0 spiro atoms. The molecule has 19 heavy (non-hydrogen) atoms. The minimum absolute atomic E-state index is 0.494. The topological polar surface area (TPSA) is 67.6 Å². The number of aromatic amines is 1. The molecular formula is C15H16N4. The van der Waals surface area contributed by atoms with E-state index in [0.717, 1.165) is 33.7 Å². The Morgan fingerprint density at radius 2 is 2.05 bits per heavy atom. The molecule has 2 aromatic heterocycles. The van der Waals surface area contributed by atoms with E-state index in [0.29, 0.717) is 6.54 Å². The number of rotatable bonds is 2. The van der Waals surface area contributed by atoms with E-state index in [9.17, 15) is 0 Å². The number of benzene rings is 1. The van der Waals surface area contributed by atoms with Crippen LogP contribution in [0, 0.1) is 13.8 Å². The number of H-pyrrole nitrogens is 1. The lowest BCUT2D eigenvalue weighted by Crippen LogP contribution is -1.98. The van der Waals surface area contributed by atoms with Crippen LogP contribution in [0.25, 0.3) is 22.4 Å². The average Bonchev–Trinajstić information content (AvgIpc) is 2.82. The van der Waals surface area contributed by atoms with Gasteiger partial charge in [0, 0.05) is 23.7 Å². The van der Waals surface area contributed by atoms with Gasteiger partial charge < -0.3 is 10.7 Å². The van der Waals surface area contributed by atoms with Crippen LogP contribution in [0.1, 0.15) is 16.8 Å². The van der Waals surface area contributed by atoms with Gasteiger partial charge in [0.25, 0.3) is 0 Å². The zero-order valence-corrected chi connectivity index (χ0v) is 11.1. The highest BCUT2D eigenvalue weighted by Gasteiger charge is 2.11. The molecule has 4 heteroatoms. The minimum Gasteiger partial charge on any atom is -0.346 e. The number of hydrogen-bond donors (Lipinski definition) is 2. The summed E-state index contributed by atoms with van der Waals surface area (Å²) in [5, 5.41) is 1.04. The monoisotopic (exact) mass is 252 g/mol. The van der Waals surface area contributed by atoms with E-state index >= 15 is 0 Å². The third-order valence-electron chi connectivity index (χ3n) is 3.29. The van der Waals surface area contributed by atoms with Gasteiger partial charge in [-0.25, -0.2) is 9.97 Å². The maximum Gasteiger partial charge on any atom is 0.161 e. The largest absolute Gasteiger partial charge is 0.346 e. The molecule has 0 unspecified atom stereocenters. The summed E-state index contributed by atoms with van der Waals surface area (Å²) < 4.78 is 0. The lowest BCUT2D eigenvalue weighted by Gasteiger charge is -2.05. The van der Waals surface area contributed by atoms with Gasteiger partial charge in [0.15, 0.2) is 5.82 Å². The molecule has 2 heterocycles. The second kappa shape index (κ2) is 4.48. The van der Waals surface area contributed by atoms with E-state index in [1.165, 1.54) is 5.56 Å². The van der Waals surface area contributed by atoms with Crippen molar-refractivity contribution >= 4 is 11.0 Å². The van der Waals surface area contributed by atoms with Crippen LogP contribution in [0.4, 0.5) is 0 Å². The van der Waals surface area contributed by atoms with Crippen molar-refractivity contribution in [2.24, 2.45) is 5.73 Å². The molecule has 0 saturated heterocycles. The van der Waals surface area contributed by atoms with E-state index in [4.69, 9.17) is 5.73 Å². The van der Waals surface area contributed by atoms with Gasteiger partial charge >= 0.3 is 0 Å². The van der Waals surface area contributed by atoms with Crippen molar-refractivity contribution in [3.63, 3.8) is 0 Å². The molecule has 0 aliphatic carbocycles. The summed E-state index contributed by atoms with van der Waals surface area (Å²) in [6, 6.07) is 8.21. The van der Waals surface area contributed by atoms with Crippen LogP contribution in [0.2, 0.25) is 0 Å². The summed E-state index contributed by atoms with van der Waals surface area (Å²) in [4.78, 5) is 12.4. The van der Waals surface area contributed by atoms with Gasteiger partial charge in [-0.3, -0.25) is 0 Å². The van der Waals surface area contributed by atoms with Crippen LogP contribution < -0.4 is 5.73 Å². The van der Waals surface area contributed by atoms with Crippen molar-refractivity contribution in [2.45, 2.75) is 20.4 Å². The molecule has 3 aromatic rings. The summed E-state index contributed by atoms with van der Waals surface area (Å²) >= 11 is 0. The Hall–Kier alpha value is -2.20. The summed E-state index contributed by atoms with van der Waals surface area (Å²) in [6.45, 7) is 4.56. The van der Waals surface area contributed by atoms with Gasteiger partial charge in [0.1, 0.15) is 5.65 Å². The molecular weight excluding hydrogens is 236 g/mol. The zero-order valence-electron chi connectivity index (χ0n) is 11.1. The highest BCUT2D eigenvalue weighted by atomic mass is 15.0. The summed E-state index contributed by atoms with van der Waals surface area (Å²) in [5.74, 6) is 0.749. The van der Waals surface area contributed by atoms with Crippen molar-refractivity contribution in [3.8, 4) is 11.4 Å². The number of hydrogen-bond acceptors (Lipinski definition) is 3. The van der Waals surface area contributed by atoms with Gasteiger partial charge in [-0.15, -0.1) is 0 Å². The Bertz CT molecular complexity index is 743. The molecule has 0 amide bonds. The lowest BCUT2D eigenvalue weighted by atomic mass is 10.1. The van der Waals surface area contributed by atoms with E-state index in [-0.39, 0.29) is 0 Å². The van der Waals surface area contributed by atoms with E-state index in [1.807, 2.05) is 25.3 Å². The van der Waals surface area contributed by atoms with Crippen LogP contribution >= 0.6 is 0 Å². The Morgan fingerprint density at radius 3 is 2.79 bits per heavy atom. The summed E-state index contributed by atoms with van der Waals surface area (Å²) in [5.41, 5.74) is 10.8. The van der Waals surface area contributed by atoms with Gasteiger partial charge in [-0.2, -0.15) is 0 Å². The fourth-order valence-electron chi connectivity index (χ4n) is 2.36. The first-order valence-electron chi connectivity index (χ1n) is 6.30. The van der Waals surface area contributed by atoms with Crippen molar-refractivity contribution in [3.05, 3.63) is 47.3 Å². The Balaban J connectivity index is 2.21. The van der Waals surface area contributed by atoms with Gasteiger partial charge in [0.05, 0.1) is 5.69 Å². The third kappa shape index (κ3) is 2.00. The second-order valence-corrected chi connectivity index (χ2v) is 4.74. The first kappa shape index (κ1) is 11.9. The highest BCUT2D eigenvalue weighted by Crippen LogP contribution is 2.23. The molecule has 3 N–H and O–H groups in total. The molecule has 0 atom stereocenters. The maximum atomic E-state index is 5.72. The van der Waals surface area contributed by atoms with Gasteiger partial charge in [-0.05, 0) is 25.5 Å². The Morgan fingerprint density at radius 1 is 1.21 bits per heavy atom. The first-order valence-corrected chi connectivity index (χ1v) is 6.30. The molecule has 0 saturated carbocycles. The van der Waals surface area contributed by atoms with Crippen LogP contribution in [-0.4, -0.2) is 15.0 Å². The highest BCUT2D eigenvalue weighted by molar-refractivity contribution is 5.83. The molecule has 1 aromatic carbocycles. The Kier molecular flexibility index (Phi) is 2.80. The van der Waals surface area contributed by atoms with Crippen molar-refractivity contribution in [1.29, 1.82) is 0 Å². The van der Waals surface area contributed by atoms with Crippen molar-refractivity contribution in [2.75, 3.05) is 0 Å². The van der Waals surface area contributed by atoms with Crippen LogP contribution in [-0.2, 0) is 6.54 Å². The van der Waals surface area contributed by atoms with Crippen LogP contribution in [0.5, 0.6) is 0 Å². The van der Waals surface area contributed by atoms with E-state index in [1.54, 1.807) is 0 Å². The number of fused-ring (bicyclic) bond motifs is 1. The second-order valence-electron chi connectivity index (χ2n) is 4.74. The predicted molar refractivity (Wildman–Crippen MR) is 76.7 cm³/mol. The van der Waals surface area contributed by atoms with Gasteiger partial charge in [-0.1, -0.05) is 23.8 Å². The molecule has 0 radical (unpaired) electrons. The standard InChI is InChI=1S/C15H16N4/c1-9-4-3-5-11(6-9)14-18-10(2)13-12(7-16)8-17-15(13)19-14/h3-6,8H,7,16H2,1-2H3,(H,17,18,19). The summed E-state index contributed by atoms with van der Waals surface area (Å²) in [7, 11) is 0. The average molecular weight is 252 g/mol. The molecule has 0 aliphatic rings. The molecule has 3 rings (SSSR count). The molecule has 0 aliphatic heterocycles. The van der Waals surface area contributed by atoms with E-state index < -0.39 is 0 Å². The molecule has 0 fully saturated rings. The smallest absolute Gasteiger partial charge is 0.161 e. The normalized spacial score (nSPS) is 11.1. The number of nitrogens with zero attached hydrogens (tertiary/aromatic N) is 2. The zero-order chi connectivity index (χ0) is 13.4. The fraction of sp³-hybridized carbons (Fsp3) is 0.200. The quantitative estimate of drug-likeness (QED) is 0.736. The van der Waals surface area contributed by atoms with Crippen LogP contribution in [0.15, 0.2) is 30.5 Å². The number of nitrogens with one attached hydrogen (secondary N) is 1. The number of aryl methyl sites for hydroxylation is 2. The lowest BCUT2D eigenvalue weighted by molar-refractivity contribution is 1.08. The summed E-state index contributed by atoms with van der Waals surface area (Å²) in [6.07, 6.45) is 1.91. The number of aromatic nitrogens is 3. The molecule has 96 valence electrons. The molecule has 0 bridgehead atoms. The first-order chi connectivity index (χ1) is 9.19. The SMILES string of the molecule is Cc1cccc(-c2nc(C)c3c(CN)c[nH]c3n2)c1. The maximum absolute atomic E-state index is 5.72. The number of nitrogens with two attached hydrogens (primary N) is 1. The Labute approximate surface area is 111 Å². The van der Waals surface area contributed by atoms with Gasteiger partial charge in [0.2, 0.25) is 0 Å². The predicted octanol–water partition coefficient (Wildman–Crippen LogP) is 2.70. The fourth-order valence-corrected chi connectivity index (χ4v) is 2.36. The van der Waals surface area contributed by atoms with Crippen LogP contribution in [0.3, 0.4) is 0 Å².